The van der Waals surface area contributed by atoms with Crippen LogP contribution in [0.15, 0.2) is 48.5 Å². The smallest absolute Gasteiger partial charge is 0.166 e. The van der Waals surface area contributed by atoms with Crippen molar-refractivity contribution in [3.05, 3.63) is 59.9 Å². The highest BCUT2D eigenvalue weighted by Crippen LogP contribution is 2.24. The van der Waals surface area contributed by atoms with Gasteiger partial charge in [0.1, 0.15) is 11.6 Å². The van der Waals surface area contributed by atoms with E-state index >= 15 is 0 Å². The first-order valence-corrected chi connectivity index (χ1v) is 13.1. The zero-order valence-electron chi connectivity index (χ0n) is 21.0. The van der Waals surface area contributed by atoms with Crippen LogP contribution in [0, 0.1) is 11.7 Å². The summed E-state index contributed by atoms with van der Waals surface area (Å²) in [5.74, 6) is 0.837. The highest BCUT2D eigenvalue weighted by molar-refractivity contribution is 5.97. The number of nitrogens with zero attached hydrogens (tertiary/aromatic N) is 2. The Kier molecular flexibility index (Phi) is 10.9. The molecule has 1 fully saturated rings. The number of ketones is 1. The summed E-state index contributed by atoms with van der Waals surface area (Å²) in [5.41, 5.74) is 1.88. The van der Waals surface area contributed by atoms with Gasteiger partial charge in [0.15, 0.2) is 5.78 Å². The van der Waals surface area contributed by atoms with Crippen LogP contribution >= 0.6 is 0 Å². The van der Waals surface area contributed by atoms with Gasteiger partial charge in [0.25, 0.3) is 0 Å². The summed E-state index contributed by atoms with van der Waals surface area (Å²) in [5, 5.41) is 0. The molecule has 0 aromatic heterocycles. The van der Waals surface area contributed by atoms with E-state index in [9.17, 15) is 9.18 Å². The number of unbranched alkanes of at least 4 members (excludes halogenated alkanes) is 2. The van der Waals surface area contributed by atoms with Crippen LogP contribution in [-0.2, 0) is 0 Å². The van der Waals surface area contributed by atoms with Crippen molar-refractivity contribution in [1.82, 2.24) is 4.90 Å². The van der Waals surface area contributed by atoms with Crippen molar-refractivity contribution in [3.63, 3.8) is 0 Å². The zero-order chi connectivity index (χ0) is 24.2. The molecule has 0 unspecified atom stereocenters. The lowest BCUT2D eigenvalue weighted by atomic mass is 9.89. The minimum absolute atomic E-state index is 0.0454. The van der Waals surface area contributed by atoms with E-state index in [-0.39, 0.29) is 17.5 Å². The van der Waals surface area contributed by atoms with Gasteiger partial charge >= 0.3 is 0 Å². The Bertz CT molecular complexity index is 855. The summed E-state index contributed by atoms with van der Waals surface area (Å²) in [4.78, 5) is 17.6. The number of ether oxygens (including phenoxy) is 1. The van der Waals surface area contributed by atoms with Crippen LogP contribution in [0.4, 0.5) is 10.1 Å². The summed E-state index contributed by atoms with van der Waals surface area (Å²) in [6, 6.07) is 14.4. The van der Waals surface area contributed by atoms with Crippen LogP contribution in [0.5, 0.6) is 5.75 Å². The first-order chi connectivity index (χ1) is 16.6. The highest BCUT2D eigenvalue weighted by atomic mass is 19.1. The fraction of sp³-hybridized carbons (Fsp3) is 0.552. The second-order valence-corrected chi connectivity index (χ2v) is 9.38. The van der Waals surface area contributed by atoms with Gasteiger partial charge in [-0.3, -0.25) is 4.79 Å². The molecule has 1 aliphatic rings. The van der Waals surface area contributed by atoms with E-state index in [4.69, 9.17) is 4.74 Å². The predicted octanol–water partition coefficient (Wildman–Crippen LogP) is 6.60. The lowest BCUT2D eigenvalue weighted by Gasteiger charge is -2.31. The molecule has 0 spiro atoms. The predicted molar refractivity (Wildman–Crippen MR) is 138 cm³/mol. The second kappa shape index (κ2) is 14.1. The molecule has 2 aromatic rings. The molecule has 0 bridgehead atoms. The fourth-order valence-electron chi connectivity index (χ4n) is 4.58. The molecule has 0 atom stereocenters. The average molecular weight is 469 g/mol. The third-order valence-electron chi connectivity index (χ3n) is 6.72. The molecular formula is C29H41FN2O2. The fourth-order valence-corrected chi connectivity index (χ4v) is 4.58. The maximum absolute atomic E-state index is 13.1. The van der Waals surface area contributed by atoms with E-state index in [0.717, 1.165) is 57.7 Å². The molecule has 0 radical (unpaired) electrons. The normalized spacial score (nSPS) is 14.8. The van der Waals surface area contributed by atoms with E-state index < -0.39 is 0 Å². The van der Waals surface area contributed by atoms with Crippen molar-refractivity contribution in [1.29, 1.82) is 0 Å². The number of carbonyl (C=O) groups is 1. The Labute approximate surface area is 205 Å². The molecule has 1 aliphatic heterocycles. The number of hydrogen-bond donors (Lipinski definition) is 0. The van der Waals surface area contributed by atoms with Crippen molar-refractivity contribution in [3.8, 4) is 5.75 Å². The second-order valence-electron chi connectivity index (χ2n) is 9.38. The van der Waals surface area contributed by atoms with Crippen LogP contribution < -0.4 is 9.64 Å². The minimum Gasteiger partial charge on any atom is -0.493 e. The van der Waals surface area contributed by atoms with Crippen LogP contribution in [-0.4, -0.2) is 50.0 Å². The van der Waals surface area contributed by atoms with Gasteiger partial charge in [-0.25, -0.2) is 4.39 Å². The van der Waals surface area contributed by atoms with Gasteiger partial charge in [-0.05, 0) is 81.6 Å². The van der Waals surface area contributed by atoms with Crippen molar-refractivity contribution in [2.45, 2.75) is 58.8 Å². The summed E-state index contributed by atoms with van der Waals surface area (Å²) < 4.78 is 19.2. The lowest BCUT2D eigenvalue weighted by molar-refractivity contribution is 0.0835. The van der Waals surface area contributed by atoms with Gasteiger partial charge in [-0.2, -0.15) is 0 Å². The number of likely N-dealkylation sites (tertiary alicyclic amines) is 1. The number of piperidine rings is 1. The molecule has 2 aromatic carbocycles. The van der Waals surface area contributed by atoms with Gasteiger partial charge in [0.05, 0.1) is 6.61 Å². The SMILES string of the molecule is CCCCN(CCCC)c1cccc(OCCCN2CCC(C(=O)c3ccc(F)cc3)CC2)c1. The Morgan fingerprint density at radius 1 is 1.00 bits per heavy atom. The molecule has 4 nitrogen and oxygen atoms in total. The third kappa shape index (κ3) is 8.12. The zero-order valence-corrected chi connectivity index (χ0v) is 21.0. The van der Waals surface area contributed by atoms with E-state index in [1.165, 1.54) is 43.5 Å². The van der Waals surface area contributed by atoms with Gasteiger partial charge in [-0.1, -0.05) is 32.8 Å². The molecule has 1 saturated heterocycles. The molecule has 3 rings (SSSR count). The Hall–Kier alpha value is -2.40. The van der Waals surface area contributed by atoms with Crippen LogP contribution in [0.25, 0.3) is 0 Å². The Morgan fingerprint density at radius 3 is 2.32 bits per heavy atom. The molecule has 0 N–H and O–H groups in total. The minimum atomic E-state index is -0.300. The van der Waals surface area contributed by atoms with Crippen molar-refractivity contribution in [2.75, 3.05) is 44.2 Å². The molecule has 34 heavy (non-hydrogen) atoms. The van der Waals surface area contributed by atoms with E-state index in [1.54, 1.807) is 12.1 Å². The third-order valence-corrected chi connectivity index (χ3v) is 6.72. The van der Waals surface area contributed by atoms with Crippen molar-refractivity contribution >= 4 is 11.5 Å². The summed E-state index contributed by atoms with van der Waals surface area (Å²) in [6.45, 7) is 10.2. The number of benzene rings is 2. The number of Topliss-reactive ketones (excluding diaryl/α,β-unsaturated/α-hetero) is 1. The first-order valence-electron chi connectivity index (χ1n) is 13.1. The molecule has 0 amide bonds. The number of hydrogen-bond acceptors (Lipinski definition) is 4. The standard InChI is InChI=1S/C29H41FN2O2/c1-3-5-18-32(19-6-4-2)27-9-7-10-28(23-27)34-22-8-17-31-20-15-25(16-21-31)29(33)24-11-13-26(30)14-12-24/h7,9-14,23,25H,3-6,8,15-22H2,1-2H3. The quantitative estimate of drug-likeness (QED) is 0.231. The molecule has 0 saturated carbocycles. The monoisotopic (exact) mass is 468 g/mol. The molecular weight excluding hydrogens is 427 g/mol. The van der Waals surface area contributed by atoms with Gasteiger partial charge < -0.3 is 14.5 Å². The molecule has 186 valence electrons. The number of rotatable bonds is 14. The van der Waals surface area contributed by atoms with E-state index in [2.05, 4.69) is 41.8 Å². The van der Waals surface area contributed by atoms with E-state index in [0.29, 0.717) is 12.2 Å². The molecule has 5 heteroatoms. The van der Waals surface area contributed by atoms with E-state index in [1.807, 2.05) is 6.07 Å². The van der Waals surface area contributed by atoms with Gasteiger partial charge in [0, 0.05) is 42.9 Å². The van der Waals surface area contributed by atoms with Crippen molar-refractivity contribution < 1.29 is 13.9 Å². The topological polar surface area (TPSA) is 32.8 Å². The maximum atomic E-state index is 13.1. The first kappa shape index (κ1) is 26.2. The summed E-state index contributed by atoms with van der Waals surface area (Å²) >= 11 is 0. The molecule has 1 heterocycles. The Balaban J connectivity index is 1.39. The highest BCUT2D eigenvalue weighted by Gasteiger charge is 2.25. The van der Waals surface area contributed by atoms with Crippen LogP contribution in [0.3, 0.4) is 0 Å². The lowest BCUT2D eigenvalue weighted by Crippen LogP contribution is -2.37. The number of anilines is 1. The van der Waals surface area contributed by atoms with Crippen LogP contribution in [0.1, 0.15) is 69.2 Å². The average Bonchev–Trinajstić information content (AvgIpc) is 2.87. The van der Waals surface area contributed by atoms with Gasteiger partial charge in [0.2, 0.25) is 0 Å². The van der Waals surface area contributed by atoms with Gasteiger partial charge in [-0.15, -0.1) is 0 Å². The summed E-state index contributed by atoms with van der Waals surface area (Å²) in [6.07, 6.45) is 7.53. The van der Waals surface area contributed by atoms with Crippen LogP contribution in [0.2, 0.25) is 0 Å². The van der Waals surface area contributed by atoms with Crippen molar-refractivity contribution in [2.24, 2.45) is 5.92 Å². The molecule has 0 aliphatic carbocycles. The largest absolute Gasteiger partial charge is 0.493 e. The number of halogens is 1. The maximum Gasteiger partial charge on any atom is 0.166 e. The summed E-state index contributed by atoms with van der Waals surface area (Å²) in [7, 11) is 0. The Morgan fingerprint density at radius 2 is 1.68 bits per heavy atom. The number of carbonyl (C=O) groups excluding carboxylic acids is 1.